The van der Waals surface area contributed by atoms with Gasteiger partial charge in [-0.25, -0.2) is 0 Å². The van der Waals surface area contributed by atoms with Crippen LogP contribution in [-0.2, 0) is 11.2 Å². The summed E-state index contributed by atoms with van der Waals surface area (Å²) in [6.45, 7) is 8.92. The van der Waals surface area contributed by atoms with Crippen molar-refractivity contribution >= 4 is 17.4 Å². The standard InChI is InChI=1S/C22H32N2O3/c1-16(2)15-24-10-3-4-18-14-19(5-6-20(18)24)21(25)9-13-23-11-7-17(8-12-23)22(26)27/h5-6,14,16-17H,3-4,7-13,15H2,1-2H3,(H,26,27). The molecule has 5 nitrogen and oxygen atoms in total. The first-order valence-electron chi connectivity index (χ1n) is 10.3. The van der Waals surface area contributed by atoms with Crippen LogP contribution in [0.2, 0.25) is 0 Å². The zero-order valence-electron chi connectivity index (χ0n) is 16.6. The lowest BCUT2D eigenvalue weighted by molar-refractivity contribution is -0.143. The highest BCUT2D eigenvalue weighted by molar-refractivity contribution is 5.96. The molecule has 0 saturated carbocycles. The van der Waals surface area contributed by atoms with Gasteiger partial charge in [-0.2, -0.15) is 0 Å². The average Bonchev–Trinajstić information content (AvgIpc) is 2.65. The molecule has 1 aromatic rings. The Balaban J connectivity index is 1.56. The number of aliphatic carboxylic acids is 1. The largest absolute Gasteiger partial charge is 0.481 e. The van der Waals surface area contributed by atoms with E-state index in [0.29, 0.717) is 25.2 Å². The maximum Gasteiger partial charge on any atom is 0.306 e. The summed E-state index contributed by atoms with van der Waals surface area (Å²) in [4.78, 5) is 28.4. The Labute approximate surface area is 162 Å². The van der Waals surface area contributed by atoms with Gasteiger partial charge < -0.3 is 14.9 Å². The maximum absolute atomic E-state index is 12.7. The summed E-state index contributed by atoms with van der Waals surface area (Å²) in [6, 6.07) is 6.21. The van der Waals surface area contributed by atoms with Gasteiger partial charge in [-0.15, -0.1) is 0 Å². The van der Waals surface area contributed by atoms with E-state index < -0.39 is 5.97 Å². The Hall–Kier alpha value is -1.88. The number of nitrogens with zero attached hydrogens (tertiary/aromatic N) is 2. The Morgan fingerprint density at radius 1 is 1.19 bits per heavy atom. The minimum Gasteiger partial charge on any atom is -0.481 e. The zero-order valence-corrected chi connectivity index (χ0v) is 16.6. The van der Waals surface area contributed by atoms with Crippen LogP contribution in [-0.4, -0.2) is 54.5 Å². The summed E-state index contributed by atoms with van der Waals surface area (Å²) in [6.07, 6.45) is 4.08. The fraction of sp³-hybridized carbons (Fsp3) is 0.636. The summed E-state index contributed by atoms with van der Waals surface area (Å²) in [5.74, 6) is -0.0839. The van der Waals surface area contributed by atoms with Crippen LogP contribution in [0.1, 0.15) is 55.5 Å². The van der Waals surface area contributed by atoms with Crippen LogP contribution in [0.4, 0.5) is 5.69 Å². The number of likely N-dealkylation sites (tertiary alicyclic amines) is 1. The van der Waals surface area contributed by atoms with Gasteiger partial charge >= 0.3 is 5.97 Å². The second-order valence-corrected chi connectivity index (χ2v) is 8.41. The van der Waals surface area contributed by atoms with Crippen molar-refractivity contribution in [3.05, 3.63) is 29.3 Å². The van der Waals surface area contributed by atoms with E-state index in [1.165, 1.54) is 11.3 Å². The number of hydrogen-bond donors (Lipinski definition) is 1. The maximum atomic E-state index is 12.7. The molecule has 0 aliphatic carbocycles. The van der Waals surface area contributed by atoms with Gasteiger partial charge in [0.15, 0.2) is 5.78 Å². The van der Waals surface area contributed by atoms with Crippen LogP contribution in [0, 0.1) is 11.8 Å². The molecule has 0 aromatic heterocycles. The molecule has 5 heteroatoms. The summed E-state index contributed by atoms with van der Waals surface area (Å²) < 4.78 is 0. The Bertz CT molecular complexity index is 678. The van der Waals surface area contributed by atoms with Crippen molar-refractivity contribution in [1.82, 2.24) is 4.90 Å². The number of Topliss-reactive ketones (excluding diaryl/α,β-unsaturated/α-hetero) is 1. The molecule has 0 bridgehead atoms. The Morgan fingerprint density at radius 3 is 2.59 bits per heavy atom. The molecule has 27 heavy (non-hydrogen) atoms. The average molecular weight is 373 g/mol. The number of piperidine rings is 1. The van der Waals surface area contributed by atoms with E-state index in [0.717, 1.165) is 51.1 Å². The number of carbonyl (C=O) groups is 2. The molecule has 148 valence electrons. The number of carboxylic acids is 1. The number of carbonyl (C=O) groups excluding carboxylic acids is 1. The summed E-state index contributed by atoms with van der Waals surface area (Å²) in [5.41, 5.74) is 3.41. The van der Waals surface area contributed by atoms with Crippen molar-refractivity contribution in [1.29, 1.82) is 0 Å². The lowest BCUT2D eigenvalue weighted by Crippen LogP contribution is -2.37. The van der Waals surface area contributed by atoms with Crippen LogP contribution in [0.15, 0.2) is 18.2 Å². The number of benzene rings is 1. The van der Waals surface area contributed by atoms with Gasteiger partial charge in [0, 0.05) is 37.3 Å². The highest BCUT2D eigenvalue weighted by Crippen LogP contribution is 2.29. The number of ketones is 1. The minimum absolute atomic E-state index is 0.194. The van der Waals surface area contributed by atoms with Crippen molar-refractivity contribution in [2.75, 3.05) is 37.6 Å². The lowest BCUT2D eigenvalue weighted by Gasteiger charge is -2.33. The molecule has 2 aliphatic heterocycles. The van der Waals surface area contributed by atoms with Gasteiger partial charge in [0.1, 0.15) is 0 Å². The molecular weight excluding hydrogens is 340 g/mol. The van der Waals surface area contributed by atoms with Gasteiger partial charge in [0.2, 0.25) is 0 Å². The molecule has 1 aromatic carbocycles. The summed E-state index contributed by atoms with van der Waals surface area (Å²) >= 11 is 0. The fourth-order valence-corrected chi connectivity index (χ4v) is 4.29. The Morgan fingerprint density at radius 2 is 1.93 bits per heavy atom. The van der Waals surface area contributed by atoms with E-state index in [1.807, 2.05) is 6.07 Å². The number of carboxylic acid groups (broad SMARTS) is 1. The molecule has 0 atom stereocenters. The first-order chi connectivity index (χ1) is 12.9. The first kappa shape index (κ1) is 19.9. The van der Waals surface area contributed by atoms with E-state index in [-0.39, 0.29) is 11.7 Å². The normalized spacial score (nSPS) is 18.6. The molecule has 0 radical (unpaired) electrons. The molecule has 1 N–H and O–H groups in total. The van der Waals surface area contributed by atoms with Gasteiger partial charge in [-0.05, 0) is 68.5 Å². The third-order valence-electron chi connectivity index (χ3n) is 5.79. The SMILES string of the molecule is CC(C)CN1CCCc2cc(C(=O)CCN3CCC(C(=O)O)CC3)ccc21. The third kappa shape index (κ3) is 5.10. The lowest BCUT2D eigenvalue weighted by atomic mass is 9.95. The van der Waals surface area contributed by atoms with E-state index >= 15 is 0 Å². The third-order valence-corrected chi connectivity index (χ3v) is 5.79. The van der Waals surface area contributed by atoms with Crippen LogP contribution < -0.4 is 4.90 Å². The highest BCUT2D eigenvalue weighted by Gasteiger charge is 2.25. The minimum atomic E-state index is -0.689. The second kappa shape index (κ2) is 8.87. The molecule has 2 heterocycles. The predicted octanol–water partition coefficient (Wildman–Crippen LogP) is 3.46. The molecule has 0 amide bonds. The van der Waals surface area contributed by atoms with Crippen LogP contribution in [0.5, 0.6) is 0 Å². The Kier molecular flexibility index (Phi) is 6.53. The van der Waals surface area contributed by atoms with Gasteiger partial charge in [-0.1, -0.05) is 13.8 Å². The van der Waals surface area contributed by atoms with Gasteiger partial charge in [0.05, 0.1) is 5.92 Å². The van der Waals surface area contributed by atoms with Crippen LogP contribution in [0.3, 0.4) is 0 Å². The fourth-order valence-electron chi connectivity index (χ4n) is 4.29. The van der Waals surface area contributed by atoms with Gasteiger partial charge in [0.25, 0.3) is 0 Å². The van der Waals surface area contributed by atoms with Crippen molar-refractivity contribution < 1.29 is 14.7 Å². The van der Waals surface area contributed by atoms with Crippen LogP contribution >= 0.6 is 0 Å². The predicted molar refractivity (Wildman–Crippen MR) is 108 cm³/mol. The van der Waals surface area contributed by atoms with Gasteiger partial charge in [-0.3, -0.25) is 9.59 Å². The first-order valence-corrected chi connectivity index (χ1v) is 10.3. The topological polar surface area (TPSA) is 60.9 Å². The van der Waals surface area contributed by atoms with Crippen molar-refractivity contribution in [3.63, 3.8) is 0 Å². The second-order valence-electron chi connectivity index (χ2n) is 8.41. The zero-order chi connectivity index (χ0) is 19.4. The molecule has 1 saturated heterocycles. The smallest absolute Gasteiger partial charge is 0.306 e. The molecular formula is C22H32N2O3. The van der Waals surface area contributed by atoms with Crippen molar-refractivity contribution in [3.8, 4) is 0 Å². The van der Waals surface area contributed by atoms with Crippen LogP contribution in [0.25, 0.3) is 0 Å². The van der Waals surface area contributed by atoms with E-state index in [9.17, 15) is 9.59 Å². The number of fused-ring (bicyclic) bond motifs is 1. The number of rotatable bonds is 7. The number of hydrogen-bond acceptors (Lipinski definition) is 4. The molecule has 0 spiro atoms. The summed E-state index contributed by atoms with van der Waals surface area (Å²) in [5, 5.41) is 9.08. The van der Waals surface area contributed by atoms with E-state index in [1.54, 1.807) is 0 Å². The molecule has 3 rings (SSSR count). The monoisotopic (exact) mass is 372 g/mol. The molecule has 2 aliphatic rings. The molecule has 1 fully saturated rings. The number of aryl methyl sites for hydroxylation is 1. The van der Waals surface area contributed by atoms with E-state index in [2.05, 4.69) is 35.8 Å². The number of anilines is 1. The summed E-state index contributed by atoms with van der Waals surface area (Å²) in [7, 11) is 0. The highest BCUT2D eigenvalue weighted by atomic mass is 16.4. The molecule has 0 unspecified atom stereocenters. The van der Waals surface area contributed by atoms with E-state index in [4.69, 9.17) is 5.11 Å². The quantitative estimate of drug-likeness (QED) is 0.743. The van der Waals surface area contributed by atoms with Crippen molar-refractivity contribution in [2.45, 2.75) is 46.0 Å². The van der Waals surface area contributed by atoms with Crippen molar-refractivity contribution in [2.24, 2.45) is 11.8 Å².